The van der Waals surface area contributed by atoms with E-state index in [1.807, 2.05) is 531 Å². The molecule has 0 fully saturated rings. The number of hydrogen-bond acceptors (Lipinski definition) is 73. The molecule has 0 spiro atoms. The molecule has 0 bridgehead atoms. The number of rotatable bonds is 74. The van der Waals surface area contributed by atoms with Gasteiger partial charge in [0.1, 0.15) is 0 Å². The second kappa shape index (κ2) is 97.4. The predicted octanol–water partition coefficient (Wildman–Crippen LogP) is 46.8. The summed E-state index contributed by atoms with van der Waals surface area (Å²) < 4.78 is 5.71. The van der Waals surface area contributed by atoms with Crippen LogP contribution in [0.1, 0.15) is 26.2 Å². The minimum absolute atomic E-state index is 0.684. The van der Waals surface area contributed by atoms with Crippen LogP contribution in [-0.2, 0) is 33.0 Å². The number of unbranched alkanes of at least 4 members (excludes halogenated alkanes) is 2. The Kier molecular flexibility index (Phi) is 129. The molecular weight excluding hydrogens is 2420 g/mol. The SMILES string of the molecule is CCCCCOS(=S)(=S)SSSSSSSSSSSSSSSSSSSSSSSSSSSSSSSSSSSSSSSSSSSSSSSSSSSSSSSSSSSSSSSSSSSSSS. The monoisotopic (exact) mass is 2420 g/mol. The van der Waals surface area contributed by atoms with Gasteiger partial charge in [-0.25, -0.2) is 0 Å². The van der Waals surface area contributed by atoms with Gasteiger partial charge < -0.3 is 4.18 Å². The van der Waals surface area contributed by atoms with E-state index in [1.54, 1.807) is 128 Å². The Morgan fingerprint density at radius 3 is 0.506 bits per heavy atom. The summed E-state index contributed by atoms with van der Waals surface area (Å²) >= 11 is 14.9. The fraction of sp³-hybridized carbons (Fsp3) is 1.00. The second-order valence-electron chi connectivity index (χ2n) is 6.64. The summed E-state index contributed by atoms with van der Waals surface area (Å²) in [6.45, 7) is 1.02. The molecule has 0 unspecified atom stereocenters. The van der Waals surface area contributed by atoms with Gasteiger partial charge in [-0.05, 0) is 107 Å². The van der Waals surface area contributed by atoms with Gasteiger partial charge in [0.15, 0.2) is 0 Å². The summed E-state index contributed by atoms with van der Waals surface area (Å²) in [7, 11) is 124. The van der Waals surface area contributed by atoms with Crippen molar-refractivity contribution in [2.24, 2.45) is 0 Å². The average molecular weight is 2430 g/mol. The first kappa shape index (κ1) is 104. The zero-order valence-corrected chi connectivity index (χ0v) is 93.8. The van der Waals surface area contributed by atoms with Gasteiger partial charge in [-0.1, -0.05) is 31.4 Å². The van der Waals surface area contributed by atoms with Crippen molar-refractivity contribution in [2.45, 2.75) is 26.2 Å². The molecule has 0 aromatic carbocycles. The quantitative estimate of drug-likeness (QED) is 0.0352. The van der Waals surface area contributed by atoms with Crippen molar-refractivity contribution in [3.63, 3.8) is 0 Å². The molecule has 0 atom stereocenters. The van der Waals surface area contributed by atoms with E-state index >= 15 is 0 Å². The second-order valence-corrected chi connectivity index (χ2v) is 136. The van der Waals surface area contributed by atoms with E-state index in [1.165, 1.54) is 32.5 Å². The van der Waals surface area contributed by atoms with E-state index in [4.69, 9.17) is 26.6 Å². The molecule has 0 saturated carbocycles. The molecule has 0 aromatic rings. The molecule has 0 aromatic heterocycles. The van der Waals surface area contributed by atoms with E-state index in [2.05, 4.69) is 18.6 Å². The molecule has 0 heterocycles. The highest BCUT2D eigenvalue weighted by atomic mass is 34.1. The highest BCUT2D eigenvalue weighted by Crippen LogP contribution is 2.71. The zero-order valence-electron chi connectivity index (χ0n) is 34.1. The topological polar surface area (TPSA) is 9.23 Å². The fourth-order valence-electron chi connectivity index (χ4n) is 1.33. The lowest BCUT2D eigenvalue weighted by Crippen LogP contribution is -1.98. The Hall–Kier alpha value is 25.3. The largest absolute Gasteiger partial charge is 0.301 e. The summed E-state index contributed by atoms with van der Waals surface area (Å²) in [5, 5.41) is 0. The van der Waals surface area contributed by atoms with Gasteiger partial charge in [-0.3, -0.25) is 0 Å². The average Bonchev–Trinajstić information content (AvgIpc) is 3.45. The summed E-state index contributed by atoms with van der Waals surface area (Å²) in [6, 6.07) is 0. The van der Waals surface area contributed by atoms with Gasteiger partial charge in [0.2, 0.25) is 0 Å². The Bertz CT molecular complexity index is 1160. The summed E-state index contributed by atoms with van der Waals surface area (Å²) in [4.78, 5) is 0. The van der Waals surface area contributed by atoms with Crippen LogP contribution >= 0.6 is 690 Å². The molecule has 0 amide bonds. The van der Waals surface area contributed by atoms with Crippen LogP contribution in [0.5, 0.6) is 0 Å². The molecule has 79 heavy (non-hydrogen) atoms. The third-order valence-corrected chi connectivity index (χ3v) is 161. The zero-order chi connectivity index (χ0) is 56.8. The standard InChI is InChI=1S/C5H12OS73/c1-2-3-4-5-6-79(8,9)78-77-76-75-74-73-72-71-70-69-68-67-66-65-64-63-62-61-60-59-58-57-56-55-54-53-52-51-50-49-48-47-46-45-44-43-42-41-40-39-38-37-36-35-34-33-32-31-30-29-28-27-26-25-24-23-22-21-20-19-18-17-16-15-14-13-12-11-10-7/h7H,2-5H2,1H3. The molecule has 0 aliphatic rings. The Morgan fingerprint density at radius 2 is 0.367 bits per heavy atom. The molecule has 476 valence electrons. The first-order chi connectivity index (χ1) is 39.1. The summed E-state index contributed by atoms with van der Waals surface area (Å²) in [6.07, 6.45) is 3.38. The number of hydrogen-bond donors (Lipinski definition) is 1. The fourth-order valence-corrected chi connectivity index (χ4v) is 193. The first-order valence-electron chi connectivity index (χ1n) is 14.7. The van der Waals surface area contributed by atoms with Gasteiger partial charge in [-0.2, -0.15) is 0 Å². The lowest BCUT2D eigenvalue weighted by molar-refractivity contribution is 0.358. The predicted molar refractivity (Wildman–Crippen MR) is 580 cm³/mol. The maximum Gasteiger partial charge on any atom is 0.0820 e. The molecule has 1 nitrogen and oxygen atoms in total. The highest BCUT2D eigenvalue weighted by Gasteiger charge is 2.08. The van der Waals surface area contributed by atoms with Gasteiger partial charge in [0, 0.05) is 599 Å². The van der Waals surface area contributed by atoms with Crippen molar-refractivity contribution in [1.82, 2.24) is 0 Å². The van der Waals surface area contributed by atoms with E-state index in [-0.39, 0.29) is 0 Å². The molecular formula is C5H12OS73. The van der Waals surface area contributed by atoms with Crippen LogP contribution in [0.2, 0.25) is 0 Å². The minimum atomic E-state index is -1.85. The molecule has 0 rings (SSSR count). The molecule has 0 radical (unpaired) electrons. The lowest BCUT2D eigenvalue weighted by Gasteiger charge is -2.08. The van der Waals surface area contributed by atoms with E-state index in [0.717, 1.165) is 6.42 Å². The van der Waals surface area contributed by atoms with Crippen molar-refractivity contribution in [3.05, 3.63) is 0 Å². The maximum absolute atomic E-state index is 5.71. The van der Waals surface area contributed by atoms with Crippen molar-refractivity contribution >= 4 is 718 Å². The molecule has 0 aliphatic heterocycles. The smallest absolute Gasteiger partial charge is 0.0820 e. The van der Waals surface area contributed by atoms with Crippen LogP contribution in [0, 0.1) is 0 Å². The van der Waals surface area contributed by atoms with Gasteiger partial charge in [-0.15, -0.1) is 0 Å². The third kappa shape index (κ3) is 99.3. The van der Waals surface area contributed by atoms with Crippen molar-refractivity contribution in [2.75, 3.05) is 6.61 Å². The maximum atomic E-state index is 5.71. The van der Waals surface area contributed by atoms with Crippen molar-refractivity contribution in [3.8, 4) is 0 Å². The molecule has 0 saturated heterocycles. The molecule has 0 aliphatic carbocycles. The van der Waals surface area contributed by atoms with Crippen LogP contribution in [0.15, 0.2) is 0 Å². The number of thiol groups is 1. The Morgan fingerprint density at radius 1 is 0.228 bits per heavy atom. The van der Waals surface area contributed by atoms with E-state index in [9.17, 15) is 0 Å². The summed E-state index contributed by atoms with van der Waals surface area (Å²) in [5.74, 6) is 0. The van der Waals surface area contributed by atoms with Gasteiger partial charge in [0.05, 0.1) is 13.1 Å². The van der Waals surface area contributed by atoms with Crippen LogP contribution in [0.25, 0.3) is 0 Å². The first-order valence-corrected chi connectivity index (χ1v) is 111. The highest BCUT2D eigenvalue weighted by molar-refractivity contribution is 9.65. The lowest BCUT2D eigenvalue weighted by atomic mass is 10.3. The van der Waals surface area contributed by atoms with Crippen LogP contribution in [0.4, 0.5) is 0 Å². The Balaban J connectivity index is 3.11. The minimum Gasteiger partial charge on any atom is -0.301 e. The van der Waals surface area contributed by atoms with Crippen LogP contribution in [-0.4, -0.2) is 6.61 Å². The van der Waals surface area contributed by atoms with Crippen molar-refractivity contribution in [1.29, 1.82) is 0 Å². The normalized spacial score (nSPS) is 12.0. The molecule has 0 N–H and O–H groups in total. The van der Waals surface area contributed by atoms with Crippen molar-refractivity contribution < 1.29 is 4.18 Å². The van der Waals surface area contributed by atoms with Crippen LogP contribution < -0.4 is 0 Å². The van der Waals surface area contributed by atoms with Gasteiger partial charge in [0.25, 0.3) is 0 Å². The van der Waals surface area contributed by atoms with E-state index < -0.39 is 6.46 Å². The third-order valence-electron chi connectivity index (χ3n) is 2.95. The summed E-state index contributed by atoms with van der Waals surface area (Å²) in [5.41, 5.74) is 0. The van der Waals surface area contributed by atoms with E-state index in [0.29, 0.717) is 6.61 Å². The van der Waals surface area contributed by atoms with Gasteiger partial charge >= 0.3 is 0 Å². The Labute approximate surface area is 734 Å². The van der Waals surface area contributed by atoms with Crippen LogP contribution in [0.3, 0.4) is 0 Å². The molecule has 74 heteroatoms.